The van der Waals surface area contributed by atoms with Crippen LogP contribution in [0.15, 0.2) is 0 Å². The highest BCUT2D eigenvalue weighted by Gasteiger charge is 2.05. The first-order valence-electron chi connectivity index (χ1n) is 3.01. The van der Waals surface area contributed by atoms with Crippen LogP contribution in [0.25, 0.3) is 0 Å². The molecule has 5 heteroatoms. The topological polar surface area (TPSA) is 64.6 Å². The predicted molar refractivity (Wildman–Crippen MR) is 36.9 cm³/mol. The Morgan fingerprint density at radius 1 is 1.09 bits per heavy atom. The van der Waals surface area contributed by atoms with Crippen LogP contribution in [-0.4, -0.2) is 39.2 Å². The Balaban J connectivity index is 3.49. The van der Waals surface area contributed by atoms with Gasteiger partial charge in [0.1, 0.15) is 13.2 Å². The largest absolute Gasteiger partial charge is 0.375 e. The van der Waals surface area contributed by atoms with Gasteiger partial charge >= 0.3 is 0 Å². The van der Waals surface area contributed by atoms with Crippen LogP contribution in [0.3, 0.4) is 0 Å². The third-order valence-electron chi connectivity index (χ3n) is 0.830. The van der Waals surface area contributed by atoms with Crippen molar-refractivity contribution in [2.24, 2.45) is 0 Å². The number of imide groups is 1. The summed E-state index contributed by atoms with van der Waals surface area (Å²) in [4.78, 5) is 21.2. The highest BCUT2D eigenvalue weighted by atomic mass is 16.5. The number of hydrogen-bond acceptors (Lipinski definition) is 4. The third-order valence-corrected chi connectivity index (χ3v) is 0.830. The monoisotopic (exact) mass is 161 g/mol. The van der Waals surface area contributed by atoms with Gasteiger partial charge < -0.3 is 9.47 Å². The van der Waals surface area contributed by atoms with Gasteiger partial charge in [0, 0.05) is 14.2 Å². The van der Waals surface area contributed by atoms with Gasteiger partial charge in [-0.15, -0.1) is 0 Å². The SMILES string of the molecule is COCC(=O)NC(=O)COC. The molecule has 0 atom stereocenters. The molecule has 0 rings (SSSR count). The minimum absolute atomic E-state index is 0.116. The Kier molecular flexibility index (Phi) is 5.32. The molecule has 0 saturated heterocycles. The maximum Gasteiger partial charge on any atom is 0.252 e. The number of methoxy groups -OCH3 is 2. The van der Waals surface area contributed by atoms with Crippen molar-refractivity contribution in [3.05, 3.63) is 0 Å². The van der Waals surface area contributed by atoms with Gasteiger partial charge in [0.2, 0.25) is 0 Å². The van der Waals surface area contributed by atoms with Crippen molar-refractivity contribution in [2.75, 3.05) is 27.4 Å². The molecule has 0 aliphatic rings. The molecule has 0 radical (unpaired) electrons. The molecule has 0 aliphatic carbocycles. The number of amides is 2. The van der Waals surface area contributed by atoms with E-state index in [2.05, 4.69) is 14.8 Å². The summed E-state index contributed by atoms with van der Waals surface area (Å²) in [6.45, 7) is -0.231. The first-order chi connectivity index (χ1) is 5.20. The average molecular weight is 161 g/mol. The quantitative estimate of drug-likeness (QED) is 0.569. The number of nitrogens with one attached hydrogen (secondary N) is 1. The molecular formula is C6H11NO4. The van der Waals surface area contributed by atoms with Crippen molar-refractivity contribution in [1.29, 1.82) is 0 Å². The summed E-state index contributed by atoms with van der Waals surface area (Å²) in [5.74, 6) is -0.927. The molecule has 0 bridgehead atoms. The minimum Gasteiger partial charge on any atom is -0.375 e. The Morgan fingerprint density at radius 3 is 1.73 bits per heavy atom. The Bertz CT molecular complexity index is 130. The summed E-state index contributed by atoms with van der Waals surface area (Å²) in [5, 5.41) is 2.05. The third kappa shape index (κ3) is 5.50. The van der Waals surface area contributed by atoms with E-state index in [1.165, 1.54) is 14.2 Å². The fourth-order valence-corrected chi connectivity index (χ4v) is 0.490. The van der Waals surface area contributed by atoms with E-state index in [1.54, 1.807) is 0 Å². The summed E-state index contributed by atoms with van der Waals surface area (Å²) in [6, 6.07) is 0. The predicted octanol–water partition coefficient (Wildman–Crippen LogP) is -1.08. The molecular weight excluding hydrogens is 150 g/mol. The van der Waals surface area contributed by atoms with Crippen LogP contribution in [0.1, 0.15) is 0 Å². The fraction of sp³-hybridized carbons (Fsp3) is 0.667. The van der Waals surface area contributed by atoms with Gasteiger partial charge in [0.15, 0.2) is 0 Å². The minimum atomic E-state index is -0.463. The van der Waals surface area contributed by atoms with Crippen molar-refractivity contribution < 1.29 is 19.1 Å². The molecule has 64 valence electrons. The molecule has 0 unspecified atom stereocenters. The number of rotatable bonds is 4. The molecule has 0 aliphatic heterocycles. The van der Waals surface area contributed by atoms with Crippen molar-refractivity contribution in [3.63, 3.8) is 0 Å². The molecule has 2 amide bonds. The lowest BCUT2D eigenvalue weighted by Crippen LogP contribution is -2.35. The van der Waals surface area contributed by atoms with Crippen LogP contribution >= 0.6 is 0 Å². The van der Waals surface area contributed by atoms with E-state index < -0.39 is 11.8 Å². The lowest BCUT2D eigenvalue weighted by Gasteiger charge is -2.00. The van der Waals surface area contributed by atoms with E-state index >= 15 is 0 Å². The Morgan fingerprint density at radius 2 is 1.45 bits per heavy atom. The molecule has 11 heavy (non-hydrogen) atoms. The van der Waals surface area contributed by atoms with Crippen LogP contribution < -0.4 is 5.32 Å². The van der Waals surface area contributed by atoms with Crippen LogP contribution in [0.4, 0.5) is 0 Å². The summed E-state index contributed by atoms with van der Waals surface area (Å²) in [6.07, 6.45) is 0. The smallest absolute Gasteiger partial charge is 0.252 e. The summed E-state index contributed by atoms with van der Waals surface area (Å²) in [7, 11) is 2.75. The van der Waals surface area contributed by atoms with Gasteiger partial charge in [-0.3, -0.25) is 14.9 Å². The van der Waals surface area contributed by atoms with E-state index in [0.29, 0.717) is 0 Å². The number of hydrogen-bond donors (Lipinski definition) is 1. The van der Waals surface area contributed by atoms with Crippen molar-refractivity contribution >= 4 is 11.8 Å². The zero-order chi connectivity index (χ0) is 8.69. The maximum absolute atomic E-state index is 10.6. The van der Waals surface area contributed by atoms with E-state index in [0.717, 1.165) is 0 Å². The van der Waals surface area contributed by atoms with Crippen molar-refractivity contribution in [1.82, 2.24) is 5.32 Å². The molecule has 0 heterocycles. The van der Waals surface area contributed by atoms with E-state index in [-0.39, 0.29) is 13.2 Å². The molecule has 0 spiro atoms. The fourth-order valence-electron chi connectivity index (χ4n) is 0.490. The molecule has 0 aromatic heterocycles. The van der Waals surface area contributed by atoms with E-state index in [4.69, 9.17) is 0 Å². The van der Waals surface area contributed by atoms with Gasteiger partial charge in [0.05, 0.1) is 0 Å². The van der Waals surface area contributed by atoms with Crippen molar-refractivity contribution in [3.8, 4) is 0 Å². The van der Waals surface area contributed by atoms with Gasteiger partial charge in [-0.2, -0.15) is 0 Å². The Labute approximate surface area is 64.7 Å². The van der Waals surface area contributed by atoms with Gasteiger partial charge in [-0.1, -0.05) is 0 Å². The highest BCUT2D eigenvalue weighted by molar-refractivity contribution is 5.96. The Hall–Kier alpha value is -0.940. The first-order valence-corrected chi connectivity index (χ1v) is 3.01. The normalized spacial score (nSPS) is 9.27. The van der Waals surface area contributed by atoms with E-state index in [1.807, 2.05) is 0 Å². The number of carbonyl (C=O) groups excluding carboxylic acids is 2. The van der Waals surface area contributed by atoms with Crippen LogP contribution in [0.2, 0.25) is 0 Å². The van der Waals surface area contributed by atoms with Gasteiger partial charge in [-0.25, -0.2) is 0 Å². The molecule has 0 saturated carbocycles. The summed E-state index contributed by atoms with van der Waals surface area (Å²) < 4.78 is 8.96. The highest BCUT2D eigenvalue weighted by Crippen LogP contribution is 1.72. The lowest BCUT2D eigenvalue weighted by atomic mass is 10.5. The second-order valence-corrected chi connectivity index (χ2v) is 1.84. The number of ether oxygens (including phenoxy) is 2. The summed E-state index contributed by atoms with van der Waals surface area (Å²) in [5.41, 5.74) is 0. The second-order valence-electron chi connectivity index (χ2n) is 1.84. The molecule has 1 N–H and O–H groups in total. The average Bonchev–Trinajstić information content (AvgIpc) is 1.87. The zero-order valence-electron chi connectivity index (χ0n) is 6.55. The van der Waals surface area contributed by atoms with Crippen LogP contribution in [-0.2, 0) is 19.1 Å². The lowest BCUT2D eigenvalue weighted by molar-refractivity contribution is -0.134. The summed E-state index contributed by atoms with van der Waals surface area (Å²) >= 11 is 0. The molecule has 0 aromatic rings. The molecule has 0 aromatic carbocycles. The van der Waals surface area contributed by atoms with Crippen molar-refractivity contribution in [2.45, 2.75) is 0 Å². The van der Waals surface area contributed by atoms with E-state index in [9.17, 15) is 9.59 Å². The standard InChI is InChI=1S/C6H11NO4/c1-10-3-5(8)7-6(9)4-11-2/h3-4H2,1-2H3,(H,7,8,9). The maximum atomic E-state index is 10.6. The number of carbonyl (C=O) groups is 2. The molecule has 0 fully saturated rings. The van der Waals surface area contributed by atoms with Crippen LogP contribution in [0.5, 0.6) is 0 Å². The van der Waals surface area contributed by atoms with Gasteiger partial charge in [0.25, 0.3) is 11.8 Å². The van der Waals surface area contributed by atoms with Crippen LogP contribution in [0, 0.1) is 0 Å². The second kappa shape index (κ2) is 5.82. The molecule has 5 nitrogen and oxygen atoms in total. The van der Waals surface area contributed by atoms with Gasteiger partial charge in [-0.05, 0) is 0 Å². The first kappa shape index (κ1) is 10.1. The zero-order valence-corrected chi connectivity index (χ0v) is 6.55.